The molecule has 3 aromatic carbocycles. The summed E-state index contributed by atoms with van der Waals surface area (Å²) in [5, 5.41) is 1.64. The largest absolute Gasteiger partial charge is 0.494 e. The number of sulfonamides is 1. The summed E-state index contributed by atoms with van der Waals surface area (Å²) in [5.41, 5.74) is 5.57. The Labute approximate surface area is 158 Å². The third-order valence-corrected chi connectivity index (χ3v) is 5.37. The van der Waals surface area contributed by atoms with Gasteiger partial charge < -0.3 is 10.5 Å². The maximum Gasteiger partial charge on any atom is 0.261 e. The lowest BCUT2D eigenvalue weighted by Gasteiger charge is -2.12. The zero-order valence-electron chi connectivity index (χ0n) is 14.8. The predicted molar refractivity (Wildman–Crippen MR) is 106 cm³/mol. The summed E-state index contributed by atoms with van der Waals surface area (Å²) >= 11 is 0. The first kappa shape index (κ1) is 18.7. The molecule has 0 aliphatic rings. The summed E-state index contributed by atoms with van der Waals surface area (Å²) in [5.74, 6) is 0.0416. The van der Waals surface area contributed by atoms with Gasteiger partial charge in [-0.25, -0.2) is 8.42 Å². The van der Waals surface area contributed by atoms with Crippen LogP contribution in [0.5, 0.6) is 5.75 Å². The molecule has 0 bridgehead atoms. The second kappa shape index (κ2) is 7.67. The van der Waals surface area contributed by atoms with Gasteiger partial charge in [0, 0.05) is 0 Å². The number of hydrogen-bond acceptors (Lipinski definition) is 4. The molecule has 3 N–H and O–H groups in total. The summed E-state index contributed by atoms with van der Waals surface area (Å²) in [6, 6.07) is 16.5. The Morgan fingerprint density at radius 1 is 1.04 bits per heavy atom. The lowest BCUT2D eigenvalue weighted by atomic mass is 10.1. The van der Waals surface area contributed by atoms with E-state index in [9.17, 15) is 13.2 Å². The number of primary amides is 1. The highest BCUT2D eigenvalue weighted by Gasteiger charge is 2.18. The minimum Gasteiger partial charge on any atom is -0.494 e. The second-order valence-corrected chi connectivity index (χ2v) is 7.72. The fourth-order valence-corrected chi connectivity index (χ4v) is 3.78. The molecule has 0 saturated carbocycles. The van der Waals surface area contributed by atoms with E-state index in [1.807, 2.05) is 25.1 Å². The highest BCUT2D eigenvalue weighted by molar-refractivity contribution is 7.92. The molecule has 0 atom stereocenters. The molecule has 0 unspecified atom stereocenters. The van der Waals surface area contributed by atoms with Crippen LogP contribution in [0.2, 0.25) is 0 Å². The maximum absolute atomic E-state index is 12.7. The Morgan fingerprint density at radius 3 is 2.48 bits per heavy atom. The number of rotatable bonds is 7. The quantitative estimate of drug-likeness (QED) is 0.651. The molecule has 6 nitrogen and oxygen atoms in total. The van der Waals surface area contributed by atoms with E-state index >= 15 is 0 Å². The molecular weight excluding hydrogens is 364 g/mol. The van der Waals surface area contributed by atoms with Gasteiger partial charge in [0.15, 0.2) is 0 Å². The Balaban J connectivity index is 1.93. The van der Waals surface area contributed by atoms with Crippen LogP contribution in [0.25, 0.3) is 10.8 Å². The molecule has 0 heterocycles. The Morgan fingerprint density at radius 2 is 1.74 bits per heavy atom. The molecule has 7 heteroatoms. The van der Waals surface area contributed by atoms with Crippen LogP contribution in [0.3, 0.4) is 0 Å². The second-order valence-electron chi connectivity index (χ2n) is 6.03. The number of hydrogen-bond donors (Lipinski definition) is 2. The normalized spacial score (nSPS) is 11.3. The summed E-state index contributed by atoms with van der Waals surface area (Å²) in [4.78, 5) is 11.6. The number of amides is 1. The van der Waals surface area contributed by atoms with Crippen LogP contribution in [0.15, 0.2) is 65.6 Å². The number of nitrogens with one attached hydrogen (secondary N) is 1. The van der Waals surface area contributed by atoms with Crippen molar-refractivity contribution in [1.82, 2.24) is 0 Å². The molecule has 0 aliphatic heterocycles. The average Bonchev–Trinajstić information content (AvgIpc) is 2.65. The van der Waals surface area contributed by atoms with Gasteiger partial charge >= 0.3 is 0 Å². The van der Waals surface area contributed by atoms with Crippen LogP contribution in [0.4, 0.5) is 5.69 Å². The van der Waals surface area contributed by atoms with Crippen molar-refractivity contribution >= 4 is 32.4 Å². The Kier molecular flexibility index (Phi) is 5.32. The molecule has 0 fully saturated rings. The first-order chi connectivity index (χ1) is 12.9. The summed E-state index contributed by atoms with van der Waals surface area (Å²) in [6.07, 6.45) is 0.910. The number of benzene rings is 3. The van der Waals surface area contributed by atoms with Crippen LogP contribution >= 0.6 is 0 Å². The third-order valence-electron chi connectivity index (χ3n) is 4.00. The third kappa shape index (κ3) is 4.20. The van der Waals surface area contributed by atoms with Gasteiger partial charge in [0.05, 0.1) is 22.8 Å². The smallest absolute Gasteiger partial charge is 0.261 e. The van der Waals surface area contributed by atoms with E-state index in [2.05, 4.69) is 4.72 Å². The topological polar surface area (TPSA) is 98.5 Å². The number of ether oxygens (including phenoxy) is 1. The maximum atomic E-state index is 12.7. The van der Waals surface area contributed by atoms with E-state index in [1.165, 1.54) is 18.2 Å². The van der Waals surface area contributed by atoms with E-state index in [4.69, 9.17) is 10.5 Å². The fraction of sp³-hybridized carbons (Fsp3) is 0.150. The van der Waals surface area contributed by atoms with Crippen LogP contribution in [0, 0.1) is 0 Å². The highest BCUT2D eigenvalue weighted by Crippen LogP contribution is 2.26. The van der Waals surface area contributed by atoms with E-state index in [0.29, 0.717) is 6.61 Å². The lowest BCUT2D eigenvalue weighted by Crippen LogP contribution is -2.18. The molecular formula is C20H20N2O4S. The van der Waals surface area contributed by atoms with Crippen molar-refractivity contribution in [2.24, 2.45) is 5.73 Å². The SMILES string of the molecule is CCCOc1ccc2cc(S(=O)(=O)Nc3ccccc3C(N)=O)ccc2c1. The Bertz CT molecular complexity index is 1090. The molecule has 0 aliphatic carbocycles. The van der Waals surface area contributed by atoms with E-state index in [-0.39, 0.29) is 16.1 Å². The molecule has 0 aromatic heterocycles. The van der Waals surface area contributed by atoms with Gasteiger partial charge in [-0.3, -0.25) is 9.52 Å². The van der Waals surface area contributed by atoms with Gasteiger partial charge in [-0.05, 0) is 53.6 Å². The predicted octanol–water partition coefficient (Wildman–Crippen LogP) is 3.53. The number of fused-ring (bicyclic) bond motifs is 1. The van der Waals surface area contributed by atoms with Crippen molar-refractivity contribution in [3.05, 3.63) is 66.2 Å². The van der Waals surface area contributed by atoms with Crippen molar-refractivity contribution in [3.63, 3.8) is 0 Å². The van der Waals surface area contributed by atoms with Crippen molar-refractivity contribution in [1.29, 1.82) is 0 Å². The van der Waals surface area contributed by atoms with E-state index in [0.717, 1.165) is 22.9 Å². The minimum atomic E-state index is -3.87. The zero-order chi connectivity index (χ0) is 19.4. The van der Waals surface area contributed by atoms with E-state index in [1.54, 1.807) is 24.3 Å². The van der Waals surface area contributed by atoms with Crippen LogP contribution in [-0.4, -0.2) is 20.9 Å². The van der Waals surface area contributed by atoms with Gasteiger partial charge in [0.2, 0.25) is 0 Å². The number of nitrogens with two attached hydrogens (primary N) is 1. The molecule has 0 spiro atoms. The van der Waals surface area contributed by atoms with Gasteiger partial charge in [0.1, 0.15) is 5.75 Å². The molecule has 1 amide bonds. The van der Waals surface area contributed by atoms with Crippen molar-refractivity contribution in [3.8, 4) is 5.75 Å². The average molecular weight is 384 g/mol. The summed E-state index contributed by atoms with van der Waals surface area (Å²) in [7, 11) is -3.87. The fourth-order valence-electron chi connectivity index (χ4n) is 2.67. The molecule has 0 saturated heterocycles. The van der Waals surface area contributed by atoms with Crippen LogP contribution in [-0.2, 0) is 10.0 Å². The van der Waals surface area contributed by atoms with Gasteiger partial charge in [-0.1, -0.05) is 31.2 Å². The molecule has 140 valence electrons. The molecule has 0 radical (unpaired) electrons. The number of para-hydroxylation sites is 1. The minimum absolute atomic E-state index is 0.0940. The molecule has 3 rings (SSSR count). The number of carbonyl (C=O) groups excluding carboxylic acids is 1. The van der Waals surface area contributed by atoms with Gasteiger partial charge in [-0.15, -0.1) is 0 Å². The molecule has 3 aromatic rings. The first-order valence-corrected chi connectivity index (χ1v) is 9.97. The van der Waals surface area contributed by atoms with Crippen molar-refractivity contribution < 1.29 is 17.9 Å². The highest BCUT2D eigenvalue weighted by atomic mass is 32.2. The monoisotopic (exact) mass is 384 g/mol. The standard InChI is InChI=1S/C20H20N2O4S/c1-2-11-26-16-9-7-15-13-17(10-8-14(15)12-16)27(24,25)22-19-6-4-3-5-18(19)20(21)23/h3-10,12-13,22H,2,11H2,1H3,(H2,21,23). The van der Waals surface area contributed by atoms with Gasteiger partial charge in [0.25, 0.3) is 15.9 Å². The van der Waals surface area contributed by atoms with Crippen LogP contribution in [0.1, 0.15) is 23.7 Å². The van der Waals surface area contributed by atoms with Crippen molar-refractivity contribution in [2.75, 3.05) is 11.3 Å². The summed E-state index contributed by atoms with van der Waals surface area (Å²) in [6.45, 7) is 2.66. The van der Waals surface area contributed by atoms with Gasteiger partial charge in [-0.2, -0.15) is 0 Å². The molecule has 27 heavy (non-hydrogen) atoms. The Hall–Kier alpha value is -3.06. The number of carbonyl (C=O) groups is 1. The van der Waals surface area contributed by atoms with Crippen LogP contribution < -0.4 is 15.2 Å². The zero-order valence-corrected chi connectivity index (χ0v) is 15.6. The number of anilines is 1. The first-order valence-electron chi connectivity index (χ1n) is 8.49. The van der Waals surface area contributed by atoms with E-state index < -0.39 is 15.9 Å². The van der Waals surface area contributed by atoms with Crippen molar-refractivity contribution in [2.45, 2.75) is 18.2 Å². The summed E-state index contributed by atoms with van der Waals surface area (Å²) < 4.78 is 33.5. The lowest BCUT2D eigenvalue weighted by molar-refractivity contribution is 0.100.